The molecule has 0 radical (unpaired) electrons. The lowest BCUT2D eigenvalue weighted by atomic mass is 9.98. The fourth-order valence-electron chi connectivity index (χ4n) is 3.59. The van der Waals surface area contributed by atoms with Crippen LogP contribution in [0.15, 0.2) is 53.8 Å². The number of hydrogen-bond acceptors (Lipinski definition) is 3. The number of benzene rings is 2. The number of hydrogen-bond donors (Lipinski definition) is 1. The van der Waals surface area contributed by atoms with Crippen molar-refractivity contribution in [3.05, 3.63) is 82.7 Å². The van der Waals surface area contributed by atoms with Crippen molar-refractivity contribution in [2.24, 2.45) is 4.99 Å². The fourth-order valence-corrected chi connectivity index (χ4v) is 3.59. The van der Waals surface area contributed by atoms with Crippen molar-refractivity contribution in [2.75, 3.05) is 6.54 Å². The molecule has 3 aromatic rings. The number of rotatable bonds is 3. The van der Waals surface area contributed by atoms with Crippen molar-refractivity contribution in [3.63, 3.8) is 0 Å². The molecule has 1 unspecified atom stereocenters. The van der Waals surface area contributed by atoms with E-state index in [0.29, 0.717) is 40.3 Å². The lowest BCUT2D eigenvalue weighted by Crippen LogP contribution is -2.24. The Balaban J connectivity index is 2.01. The van der Waals surface area contributed by atoms with Crippen LogP contribution in [-0.2, 0) is 0 Å². The lowest BCUT2D eigenvalue weighted by Gasteiger charge is -2.13. The zero-order valence-corrected chi connectivity index (χ0v) is 16.1. The van der Waals surface area contributed by atoms with E-state index >= 15 is 0 Å². The van der Waals surface area contributed by atoms with Gasteiger partial charge in [-0.1, -0.05) is 18.1 Å². The highest BCUT2D eigenvalue weighted by Gasteiger charge is 2.29. The third-order valence-electron chi connectivity index (χ3n) is 4.88. The van der Waals surface area contributed by atoms with E-state index in [1.165, 1.54) is 6.07 Å². The highest BCUT2D eigenvalue weighted by molar-refractivity contribution is 6.15. The van der Waals surface area contributed by atoms with E-state index in [0.717, 1.165) is 5.69 Å². The summed E-state index contributed by atoms with van der Waals surface area (Å²) in [6, 6.07) is 11.5. The summed E-state index contributed by atoms with van der Waals surface area (Å²) in [5.74, 6) is 1.99. The lowest BCUT2D eigenvalue weighted by molar-refractivity contribution is 0.0950. The number of terminal acetylenes is 1. The number of nitrogens with zero attached hydrogens (tertiary/aromatic N) is 3. The smallest absolute Gasteiger partial charge is 0.271 e. The summed E-state index contributed by atoms with van der Waals surface area (Å²) in [6.07, 6.45) is 7.20. The summed E-state index contributed by atoms with van der Waals surface area (Å²) >= 11 is 0. The number of carbonyl (C=O) groups is 1. The zero-order chi connectivity index (χ0) is 20.5. The number of nitrogens with one attached hydrogen (secondary N) is 1. The first-order valence-corrected chi connectivity index (χ1v) is 9.34. The Morgan fingerprint density at radius 2 is 2.07 bits per heavy atom. The largest absolute Gasteiger partial charge is 0.351 e. The number of aliphatic imine (C=N–C) groups is 1. The Morgan fingerprint density at radius 1 is 1.28 bits per heavy atom. The van der Waals surface area contributed by atoms with E-state index in [1.807, 2.05) is 36.6 Å². The average Bonchev–Trinajstić information content (AvgIpc) is 3.13. The van der Waals surface area contributed by atoms with Gasteiger partial charge >= 0.3 is 0 Å². The van der Waals surface area contributed by atoms with Gasteiger partial charge in [-0.05, 0) is 44.2 Å². The Bertz CT molecular complexity index is 1190. The normalized spacial score (nSPS) is 14.8. The van der Waals surface area contributed by atoms with Crippen LogP contribution in [0.3, 0.4) is 0 Å². The molecule has 0 aliphatic carbocycles. The maximum Gasteiger partial charge on any atom is 0.271 e. The molecule has 0 saturated carbocycles. The molecule has 6 heteroatoms. The van der Waals surface area contributed by atoms with Gasteiger partial charge in [0.25, 0.3) is 5.91 Å². The first kappa shape index (κ1) is 18.6. The maximum absolute atomic E-state index is 14.7. The van der Waals surface area contributed by atoms with Gasteiger partial charge in [0.05, 0.1) is 23.1 Å². The van der Waals surface area contributed by atoms with Gasteiger partial charge in [-0.15, -0.1) is 6.42 Å². The standard InChI is InChI=1S/C23H19FN4O/c1-4-15-10-11-19-17(12-15)20(16-8-6-7-9-18(16)24)27-14(3)22-21(23(29)25-5-2)26-13-28(19)22/h1,6-14H,5H2,2-3H3,(H,25,29). The Labute approximate surface area is 168 Å². The topological polar surface area (TPSA) is 59.3 Å². The second-order valence-electron chi connectivity index (χ2n) is 6.72. The van der Waals surface area contributed by atoms with Crippen LogP contribution in [0.1, 0.15) is 52.8 Å². The minimum atomic E-state index is -0.425. The second-order valence-corrected chi connectivity index (χ2v) is 6.72. The highest BCUT2D eigenvalue weighted by atomic mass is 19.1. The molecule has 1 aromatic heterocycles. The van der Waals surface area contributed by atoms with Crippen molar-refractivity contribution in [2.45, 2.75) is 19.9 Å². The van der Waals surface area contributed by atoms with Gasteiger partial charge in [-0.2, -0.15) is 0 Å². The molecule has 1 N–H and O–H groups in total. The molecule has 0 bridgehead atoms. The van der Waals surface area contributed by atoms with Gasteiger partial charge in [0.1, 0.15) is 12.1 Å². The van der Waals surface area contributed by atoms with Gasteiger partial charge in [-0.3, -0.25) is 14.4 Å². The highest BCUT2D eigenvalue weighted by Crippen LogP contribution is 2.33. The van der Waals surface area contributed by atoms with Crippen LogP contribution in [0.5, 0.6) is 0 Å². The Morgan fingerprint density at radius 3 is 2.79 bits per heavy atom. The summed E-state index contributed by atoms with van der Waals surface area (Å²) < 4.78 is 16.5. The fraction of sp³-hybridized carbons (Fsp3) is 0.174. The number of aromatic nitrogens is 2. The molecule has 0 fully saturated rings. The van der Waals surface area contributed by atoms with Gasteiger partial charge in [0, 0.05) is 23.2 Å². The molecule has 1 atom stereocenters. The van der Waals surface area contributed by atoms with Crippen LogP contribution < -0.4 is 5.32 Å². The summed E-state index contributed by atoms with van der Waals surface area (Å²) in [5, 5.41) is 2.78. The van der Waals surface area contributed by atoms with Crippen molar-refractivity contribution >= 4 is 11.6 Å². The van der Waals surface area contributed by atoms with Crippen LogP contribution in [0.4, 0.5) is 4.39 Å². The minimum absolute atomic E-state index is 0.264. The van der Waals surface area contributed by atoms with E-state index in [9.17, 15) is 9.18 Å². The number of fused-ring (bicyclic) bond motifs is 3. The Kier molecular flexibility index (Phi) is 4.73. The summed E-state index contributed by atoms with van der Waals surface area (Å²) in [4.78, 5) is 21.7. The van der Waals surface area contributed by atoms with Crippen molar-refractivity contribution in [1.82, 2.24) is 14.9 Å². The molecule has 1 aliphatic rings. The molecule has 5 nitrogen and oxygen atoms in total. The molecule has 1 aliphatic heterocycles. The molecule has 1 amide bonds. The third-order valence-corrected chi connectivity index (χ3v) is 4.88. The van der Waals surface area contributed by atoms with E-state index in [-0.39, 0.29) is 11.7 Å². The van der Waals surface area contributed by atoms with Crippen molar-refractivity contribution in [1.29, 1.82) is 0 Å². The molecule has 0 spiro atoms. The number of imidazole rings is 1. The van der Waals surface area contributed by atoms with Gasteiger partial charge in [0.2, 0.25) is 0 Å². The summed E-state index contributed by atoms with van der Waals surface area (Å²) in [6.45, 7) is 4.21. The number of amides is 1. The van der Waals surface area contributed by atoms with Gasteiger partial charge in [-0.25, -0.2) is 9.37 Å². The molecule has 2 heterocycles. The van der Waals surface area contributed by atoms with E-state index in [1.54, 1.807) is 24.5 Å². The Hall–Kier alpha value is -3.72. The van der Waals surface area contributed by atoms with E-state index in [4.69, 9.17) is 11.4 Å². The summed E-state index contributed by atoms with van der Waals surface area (Å²) in [5.41, 5.74) is 3.93. The zero-order valence-electron chi connectivity index (χ0n) is 16.1. The van der Waals surface area contributed by atoms with Crippen LogP contribution >= 0.6 is 0 Å². The van der Waals surface area contributed by atoms with E-state index in [2.05, 4.69) is 16.2 Å². The number of halogens is 1. The molecule has 29 heavy (non-hydrogen) atoms. The van der Waals surface area contributed by atoms with Gasteiger partial charge < -0.3 is 5.32 Å². The van der Waals surface area contributed by atoms with E-state index < -0.39 is 6.04 Å². The molecule has 0 saturated heterocycles. The predicted octanol–water partition coefficient (Wildman–Crippen LogP) is 3.65. The first-order chi connectivity index (χ1) is 14.0. The van der Waals surface area contributed by atoms with Crippen molar-refractivity contribution in [3.8, 4) is 18.0 Å². The molecule has 2 aromatic carbocycles. The molecular formula is C23H19FN4O. The van der Waals surface area contributed by atoms with Crippen molar-refractivity contribution < 1.29 is 9.18 Å². The third kappa shape index (κ3) is 3.11. The molecule has 144 valence electrons. The van der Waals surface area contributed by atoms with Gasteiger partial charge in [0.15, 0.2) is 5.69 Å². The van der Waals surface area contributed by atoms with Crippen LogP contribution in [0.25, 0.3) is 5.69 Å². The van der Waals surface area contributed by atoms with Crippen LogP contribution in [0.2, 0.25) is 0 Å². The summed E-state index contributed by atoms with van der Waals surface area (Å²) in [7, 11) is 0. The second kappa shape index (κ2) is 7.36. The monoisotopic (exact) mass is 386 g/mol. The molecular weight excluding hydrogens is 367 g/mol. The SMILES string of the molecule is C#Cc1ccc2c(c1)C(c1ccccc1F)=NC(C)c1c(C(=O)NCC)ncn1-2. The molecule has 4 rings (SSSR count). The minimum Gasteiger partial charge on any atom is -0.351 e. The van der Waals surface area contributed by atoms with Crippen LogP contribution in [0, 0.1) is 18.2 Å². The maximum atomic E-state index is 14.7. The first-order valence-electron chi connectivity index (χ1n) is 9.34. The number of carbonyl (C=O) groups excluding carboxylic acids is 1. The predicted molar refractivity (Wildman–Crippen MR) is 110 cm³/mol. The quantitative estimate of drug-likeness (QED) is 0.699. The average molecular weight is 386 g/mol. The van der Waals surface area contributed by atoms with Crippen LogP contribution in [-0.4, -0.2) is 27.7 Å².